The molecule has 0 aliphatic rings. The average Bonchev–Trinajstić information content (AvgIpc) is 3.28. The van der Waals surface area contributed by atoms with Crippen molar-refractivity contribution in [3.05, 3.63) is 244 Å². The molecule has 0 radical (unpaired) electrons. The van der Waals surface area contributed by atoms with E-state index in [2.05, 4.69) is 191 Å². The smallest absolute Gasteiger partial charge is 0.00208 e. The zero-order valence-corrected chi connectivity index (χ0v) is 31.9. The molecule has 0 N–H and O–H groups in total. The van der Waals surface area contributed by atoms with E-state index in [0.29, 0.717) is 0 Å². The number of fused-ring (bicyclic) bond motifs is 3. The van der Waals surface area contributed by atoms with Gasteiger partial charge in [0.1, 0.15) is 0 Å². The molecular weight excluding hydrogens is 673 g/mol. The average molecular weight is 719 g/mol. The lowest BCUT2D eigenvalue weighted by Crippen LogP contribution is -1.85. The molecule has 0 amide bonds. The predicted molar refractivity (Wildman–Crippen MR) is 254 cm³/mol. The van der Waals surface area contributed by atoms with Crippen LogP contribution in [0.3, 0.4) is 0 Å². The van der Waals surface area contributed by atoms with Gasteiger partial charge in [-0.2, -0.15) is 0 Å². The van der Waals surface area contributed by atoms with Crippen LogP contribution in [-0.2, 0) is 0 Å². The van der Waals surface area contributed by atoms with Gasteiger partial charge in [-0.3, -0.25) is 0 Å². The summed E-state index contributed by atoms with van der Waals surface area (Å²) in [5, 5.41) is 15.6. The van der Waals surface area contributed by atoms with Gasteiger partial charge in [-0.25, -0.2) is 0 Å². The highest BCUT2D eigenvalue weighted by molar-refractivity contribution is 6.24. The van der Waals surface area contributed by atoms with Gasteiger partial charge in [-0.15, -0.1) is 13.2 Å². The Balaban J connectivity index is 0.000000129. The van der Waals surface area contributed by atoms with Crippen molar-refractivity contribution in [2.24, 2.45) is 0 Å². The summed E-state index contributed by atoms with van der Waals surface area (Å²) in [6.45, 7) is 21.3. The first-order valence-corrected chi connectivity index (χ1v) is 18.7. The maximum atomic E-state index is 3.93. The van der Waals surface area contributed by atoms with Gasteiger partial charge < -0.3 is 0 Å². The van der Waals surface area contributed by atoms with Crippen molar-refractivity contribution < 1.29 is 0 Å². The minimum atomic E-state index is 1.17. The molecule has 0 heterocycles. The van der Waals surface area contributed by atoms with E-state index in [0.717, 1.165) is 0 Å². The molecule has 0 aliphatic carbocycles. The van der Waals surface area contributed by atoms with E-state index in [1.807, 2.05) is 54.6 Å². The van der Waals surface area contributed by atoms with Crippen LogP contribution in [0.2, 0.25) is 0 Å². The van der Waals surface area contributed by atoms with Gasteiger partial charge in [0.05, 0.1) is 0 Å². The standard InChI is InChI=1S/C18H12.C16H12.C12H10.C8H8.C2H4/c1-2-12-6-7-15-9-8-13-4-3-5-14-10-11-16(12)18(15)17(13)14;1-2-14-15-9-5-3-7-12(15)11-13-8-4-6-10-16(13)14;1-2-10-7-5-8-11-6-3-4-9-12(10)11;1-2-8-6-4-3-5-7-8;1-2/h2-11H,1H2;2-11H,1H2;2-9H,1H2;2-7H,1H2;1-2H2. The zero-order chi connectivity index (χ0) is 39.3. The van der Waals surface area contributed by atoms with Crippen LogP contribution in [0.15, 0.2) is 221 Å². The van der Waals surface area contributed by atoms with Crippen LogP contribution >= 0.6 is 0 Å². The highest BCUT2D eigenvalue weighted by Crippen LogP contribution is 2.36. The van der Waals surface area contributed by atoms with Crippen LogP contribution in [0.25, 0.3) is 88.9 Å². The summed E-state index contributed by atoms with van der Waals surface area (Å²) >= 11 is 0. The molecule has 0 unspecified atom stereocenters. The van der Waals surface area contributed by atoms with Gasteiger partial charge in [0.2, 0.25) is 0 Å². The van der Waals surface area contributed by atoms with Crippen LogP contribution in [0.1, 0.15) is 22.3 Å². The molecule has 0 atom stereocenters. The maximum absolute atomic E-state index is 3.93. The Morgan fingerprint density at radius 3 is 1.30 bits per heavy atom. The molecule has 0 saturated carbocycles. The molecule has 10 aromatic rings. The SMILES string of the molecule is C=C.C=Cc1c2ccccc2cc2ccccc12.C=Cc1ccc2ccc3cccc4ccc1c2c34.C=Cc1cccc2ccccc12.C=Cc1ccccc1. The first-order chi connectivity index (χ1) is 27.6. The first kappa shape index (κ1) is 38.4. The Bertz CT molecular complexity index is 2830. The van der Waals surface area contributed by atoms with Crippen molar-refractivity contribution in [2.45, 2.75) is 0 Å². The normalized spacial score (nSPS) is 10.2. The van der Waals surface area contributed by atoms with Crippen LogP contribution in [-0.4, -0.2) is 0 Å². The Kier molecular flexibility index (Phi) is 12.8. The number of rotatable bonds is 4. The molecule has 0 spiro atoms. The van der Waals surface area contributed by atoms with Gasteiger partial charge in [-0.05, 0) is 93.0 Å². The highest BCUT2D eigenvalue weighted by atomic mass is 14.1. The molecule has 0 nitrogen and oxygen atoms in total. The van der Waals surface area contributed by atoms with E-state index >= 15 is 0 Å². The summed E-state index contributed by atoms with van der Waals surface area (Å²) in [5.41, 5.74) is 4.81. The molecule has 0 aromatic heterocycles. The lowest BCUT2D eigenvalue weighted by atomic mass is 9.92. The number of hydrogen-bond donors (Lipinski definition) is 0. The van der Waals surface area contributed by atoms with Crippen molar-refractivity contribution in [1.82, 2.24) is 0 Å². The maximum Gasteiger partial charge on any atom is -0.00208 e. The van der Waals surface area contributed by atoms with Crippen molar-refractivity contribution in [1.29, 1.82) is 0 Å². The second-order valence-electron chi connectivity index (χ2n) is 13.0. The van der Waals surface area contributed by atoms with E-state index in [9.17, 15) is 0 Å². The summed E-state index contributed by atoms with van der Waals surface area (Å²) in [5.74, 6) is 0. The lowest BCUT2D eigenvalue weighted by molar-refractivity contribution is 1.67. The molecule has 270 valence electrons. The molecule has 10 aromatic carbocycles. The third-order valence-corrected chi connectivity index (χ3v) is 9.88. The molecule has 0 heteroatoms. The monoisotopic (exact) mass is 718 g/mol. The highest BCUT2D eigenvalue weighted by Gasteiger charge is 2.09. The summed E-state index contributed by atoms with van der Waals surface area (Å²) < 4.78 is 0. The topological polar surface area (TPSA) is 0 Å². The van der Waals surface area contributed by atoms with Gasteiger partial charge in [0.25, 0.3) is 0 Å². The van der Waals surface area contributed by atoms with E-state index < -0.39 is 0 Å². The minimum absolute atomic E-state index is 1.17. The third kappa shape index (κ3) is 8.26. The summed E-state index contributed by atoms with van der Waals surface area (Å²) in [7, 11) is 0. The van der Waals surface area contributed by atoms with Crippen LogP contribution in [0.5, 0.6) is 0 Å². The molecule has 0 aliphatic heterocycles. The van der Waals surface area contributed by atoms with Crippen molar-refractivity contribution in [3.8, 4) is 0 Å². The first-order valence-electron chi connectivity index (χ1n) is 18.7. The fourth-order valence-electron chi connectivity index (χ4n) is 7.22. The van der Waals surface area contributed by atoms with Crippen LogP contribution in [0.4, 0.5) is 0 Å². The second-order valence-corrected chi connectivity index (χ2v) is 13.0. The molecule has 0 saturated heterocycles. The zero-order valence-electron chi connectivity index (χ0n) is 31.9. The largest absolute Gasteiger partial charge is 0.106 e. The molecular formula is C56H46. The van der Waals surface area contributed by atoms with Crippen LogP contribution < -0.4 is 0 Å². The van der Waals surface area contributed by atoms with Gasteiger partial charge >= 0.3 is 0 Å². The Hall–Kier alpha value is -7.28. The van der Waals surface area contributed by atoms with E-state index in [1.54, 1.807) is 0 Å². The molecule has 0 bridgehead atoms. The third-order valence-electron chi connectivity index (χ3n) is 9.88. The van der Waals surface area contributed by atoms with E-state index in [1.165, 1.54) is 86.9 Å². The summed E-state index contributed by atoms with van der Waals surface area (Å²) in [6, 6.07) is 63.4. The summed E-state index contributed by atoms with van der Waals surface area (Å²) in [4.78, 5) is 0. The van der Waals surface area contributed by atoms with E-state index in [-0.39, 0.29) is 0 Å². The van der Waals surface area contributed by atoms with Gasteiger partial charge in [0.15, 0.2) is 0 Å². The minimum Gasteiger partial charge on any atom is -0.106 e. The Labute approximate surface area is 331 Å². The quantitative estimate of drug-likeness (QED) is 0.0965. The predicted octanol–water partition coefficient (Wildman–Crippen LogP) is 16.5. The Morgan fingerprint density at radius 2 is 0.732 bits per heavy atom. The number of hydrogen-bond acceptors (Lipinski definition) is 0. The van der Waals surface area contributed by atoms with Crippen molar-refractivity contribution >= 4 is 88.9 Å². The molecule has 10 rings (SSSR count). The number of benzene rings is 10. The lowest BCUT2D eigenvalue weighted by Gasteiger charge is -2.12. The van der Waals surface area contributed by atoms with Crippen LogP contribution in [0, 0.1) is 0 Å². The van der Waals surface area contributed by atoms with Crippen molar-refractivity contribution in [3.63, 3.8) is 0 Å². The van der Waals surface area contributed by atoms with Gasteiger partial charge in [-0.1, -0.05) is 227 Å². The van der Waals surface area contributed by atoms with Crippen molar-refractivity contribution in [2.75, 3.05) is 0 Å². The summed E-state index contributed by atoms with van der Waals surface area (Å²) in [6.07, 6.45) is 7.61. The Morgan fingerprint density at radius 1 is 0.286 bits per heavy atom. The molecule has 0 fully saturated rings. The fraction of sp³-hybridized carbons (Fsp3) is 0. The van der Waals surface area contributed by atoms with Gasteiger partial charge in [0, 0.05) is 0 Å². The second kappa shape index (κ2) is 18.7. The van der Waals surface area contributed by atoms with E-state index in [4.69, 9.17) is 0 Å². The fourth-order valence-corrected chi connectivity index (χ4v) is 7.22. The molecule has 56 heavy (non-hydrogen) atoms.